The van der Waals surface area contributed by atoms with E-state index in [-0.39, 0.29) is 11.8 Å². The van der Waals surface area contributed by atoms with Crippen molar-refractivity contribution in [3.05, 3.63) is 0 Å². The Balaban J connectivity index is 1.75. The van der Waals surface area contributed by atoms with E-state index in [0.29, 0.717) is 24.8 Å². The van der Waals surface area contributed by atoms with Crippen molar-refractivity contribution in [3.8, 4) is 0 Å². The van der Waals surface area contributed by atoms with Crippen molar-refractivity contribution in [2.75, 3.05) is 6.54 Å². The Morgan fingerprint density at radius 3 is 2.60 bits per heavy atom. The quantitative estimate of drug-likeness (QED) is 0.736. The molecule has 0 spiro atoms. The molecule has 0 aromatic carbocycles. The number of hydrogen-bond acceptors (Lipinski definition) is 2. The SMILES string of the molecule is CCC(C)(O)CNC(=O)C1C2CCCC21. The van der Waals surface area contributed by atoms with E-state index in [1.165, 1.54) is 19.3 Å². The number of hydrogen-bond donors (Lipinski definition) is 2. The number of aliphatic hydroxyl groups is 1. The molecule has 0 aliphatic heterocycles. The highest BCUT2D eigenvalue weighted by atomic mass is 16.3. The van der Waals surface area contributed by atoms with Gasteiger partial charge in [0.2, 0.25) is 5.91 Å². The minimum Gasteiger partial charge on any atom is -0.388 e. The Bertz CT molecular complexity index is 252. The Morgan fingerprint density at radius 1 is 1.47 bits per heavy atom. The maximum Gasteiger partial charge on any atom is 0.223 e. The summed E-state index contributed by atoms with van der Waals surface area (Å²) in [7, 11) is 0. The maximum atomic E-state index is 11.8. The summed E-state index contributed by atoms with van der Waals surface area (Å²) in [5.41, 5.74) is -0.750. The highest BCUT2D eigenvalue weighted by Gasteiger charge is 2.56. The highest BCUT2D eigenvalue weighted by molar-refractivity contribution is 5.82. The first kappa shape index (κ1) is 10.9. The van der Waals surface area contributed by atoms with Crippen LogP contribution in [0.15, 0.2) is 0 Å². The molecule has 0 aromatic heterocycles. The molecular weight excluding hydrogens is 190 g/mol. The fourth-order valence-electron chi connectivity index (χ4n) is 2.73. The number of amides is 1. The molecule has 2 saturated carbocycles. The van der Waals surface area contributed by atoms with Crippen LogP contribution in [-0.2, 0) is 4.79 Å². The molecule has 3 unspecified atom stereocenters. The van der Waals surface area contributed by atoms with Gasteiger partial charge in [0.05, 0.1) is 5.60 Å². The lowest BCUT2D eigenvalue weighted by Gasteiger charge is -2.21. The van der Waals surface area contributed by atoms with Crippen LogP contribution in [0.3, 0.4) is 0 Å². The average molecular weight is 211 g/mol. The van der Waals surface area contributed by atoms with E-state index in [9.17, 15) is 9.90 Å². The van der Waals surface area contributed by atoms with Crippen molar-refractivity contribution in [1.82, 2.24) is 5.32 Å². The topological polar surface area (TPSA) is 49.3 Å². The molecule has 0 aromatic rings. The van der Waals surface area contributed by atoms with Crippen LogP contribution in [0.25, 0.3) is 0 Å². The zero-order valence-corrected chi connectivity index (χ0v) is 9.62. The largest absolute Gasteiger partial charge is 0.388 e. The number of nitrogens with one attached hydrogen (secondary N) is 1. The van der Waals surface area contributed by atoms with Crippen LogP contribution in [0.4, 0.5) is 0 Å². The van der Waals surface area contributed by atoms with E-state index in [0.717, 1.165) is 0 Å². The smallest absolute Gasteiger partial charge is 0.223 e. The van der Waals surface area contributed by atoms with Gasteiger partial charge in [-0.1, -0.05) is 13.3 Å². The van der Waals surface area contributed by atoms with Gasteiger partial charge < -0.3 is 10.4 Å². The summed E-state index contributed by atoms with van der Waals surface area (Å²) in [6, 6.07) is 0. The number of fused-ring (bicyclic) bond motifs is 1. The third kappa shape index (κ3) is 2.17. The number of carbonyl (C=O) groups excluding carboxylic acids is 1. The Morgan fingerprint density at radius 2 is 2.07 bits per heavy atom. The second kappa shape index (κ2) is 3.78. The summed E-state index contributed by atoms with van der Waals surface area (Å²) in [5.74, 6) is 1.76. The standard InChI is InChI=1S/C12H21NO2/c1-3-12(2,15)7-13-11(14)10-8-5-4-6-9(8)10/h8-10,15H,3-7H2,1-2H3,(H,13,14). The summed E-state index contributed by atoms with van der Waals surface area (Å²) >= 11 is 0. The van der Waals surface area contributed by atoms with E-state index in [4.69, 9.17) is 0 Å². The Hall–Kier alpha value is -0.570. The van der Waals surface area contributed by atoms with Gasteiger partial charge in [-0.3, -0.25) is 4.79 Å². The Kier molecular flexibility index (Phi) is 2.75. The van der Waals surface area contributed by atoms with Crippen molar-refractivity contribution in [3.63, 3.8) is 0 Å². The molecule has 3 nitrogen and oxygen atoms in total. The van der Waals surface area contributed by atoms with Crippen molar-refractivity contribution in [2.45, 2.75) is 45.1 Å². The summed E-state index contributed by atoms with van der Waals surface area (Å²) in [5, 5.41) is 12.6. The summed E-state index contributed by atoms with van der Waals surface area (Å²) in [6.45, 7) is 4.08. The fourth-order valence-corrected chi connectivity index (χ4v) is 2.73. The first-order valence-electron chi connectivity index (χ1n) is 6.05. The lowest BCUT2D eigenvalue weighted by Crippen LogP contribution is -2.41. The van der Waals surface area contributed by atoms with E-state index in [1.54, 1.807) is 6.92 Å². The van der Waals surface area contributed by atoms with Gasteiger partial charge >= 0.3 is 0 Å². The van der Waals surface area contributed by atoms with Crippen molar-refractivity contribution < 1.29 is 9.90 Å². The van der Waals surface area contributed by atoms with Crippen molar-refractivity contribution in [2.24, 2.45) is 17.8 Å². The number of rotatable bonds is 4. The summed E-state index contributed by atoms with van der Waals surface area (Å²) < 4.78 is 0. The molecule has 2 aliphatic carbocycles. The van der Waals surface area contributed by atoms with Gasteiger partial charge in [0.1, 0.15) is 0 Å². The molecule has 15 heavy (non-hydrogen) atoms. The monoisotopic (exact) mass is 211 g/mol. The number of carbonyl (C=O) groups is 1. The zero-order chi connectivity index (χ0) is 11.1. The Labute approximate surface area is 91.2 Å². The highest BCUT2D eigenvalue weighted by Crippen LogP contribution is 2.57. The molecule has 0 radical (unpaired) electrons. The third-order valence-electron chi connectivity index (χ3n) is 4.11. The van der Waals surface area contributed by atoms with Crippen LogP contribution >= 0.6 is 0 Å². The van der Waals surface area contributed by atoms with Gasteiger partial charge in [-0.05, 0) is 38.0 Å². The van der Waals surface area contributed by atoms with Crippen LogP contribution in [0.5, 0.6) is 0 Å². The first-order chi connectivity index (χ1) is 7.05. The molecule has 86 valence electrons. The predicted molar refractivity (Wildman–Crippen MR) is 58.2 cm³/mol. The summed E-state index contributed by atoms with van der Waals surface area (Å²) in [6.07, 6.45) is 4.43. The van der Waals surface area contributed by atoms with Gasteiger partial charge in [-0.25, -0.2) is 0 Å². The molecule has 0 bridgehead atoms. The van der Waals surface area contributed by atoms with Gasteiger partial charge in [0.15, 0.2) is 0 Å². The zero-order valence-electron chi connectivity index (χ0n) is 9.62. The molecule has 0 heterocycles. The minimum absolute atomic E-state index is 0.165. The molecule has 3 heteroatoms. The molecule has 2 N–H and O–H groups in total. The van der Waals surface area contributed by atoms with E-state index in [1.807, 2.05) is 6.92 Å². The molecule has 2 aliphatic rings. The average Bonchev–Trinajstić information content (AvgIpc) is 2.69. The normalized spacial score (nSPS) is 36.9. The third-order valence-corrected chi connectivity index (χ3v) is 4.11. The van der Waals surface area contributed by atoms with Gasteiger partial charge in [0, 0.05) is 12.5 Å². The molecule has 1 amide bonds. The lowest BCUT2D eigenvalue weighted by molar-refractivity contribution is -0.124. The summed E-state index contributed by atoms with van der Waals surface area (Å²) in [4.78, 5) is 11.8. The van der Waals surface area contributed by atoms with E-state index in [2.05, 4.69) is 5.32 Å². The van der Waals surface area contributed by atoms with Crippen LogP contribution in [-0.4, -0.2) is 23.2 Å². The molecule has 0 saturated heterocycles. The van der Waals surface area contributed by atoms with Crippen LogP contribution < -0.4 is 5.32 Å². The molecular formula is C12H21NO2. The predicted octanol–water partition coefficient (Wildman–Crippen LogP) is 1.31. The maximum absolute atomic E-state index is 11.8. The van der Waals surface area contributed by atoms with Crippen LogP contribution in [0.1, 0.15) is 39.5 Å². The van der Waals surface area contributed by atoms with E-state index >= 15 is 0 Å². The van der Waals surface area contributed by atoms with Crippen LogP contribution in [0.2, 0.25) is 0 Å². The van der Waals surface area contributed by atoms with Crippen molar-refractivity contribution >= 4 is 5.91 Å². The van der Waals surface area contributed by atoms with Gasteiger partial charge in [0.25, 0.3) is 0 Å². The second-order valence-electron chi connectivity index (χ2n) is 5.35. The second-order valence-corrected chi connectivity index (χ2v) is 5.35. The molecule has 3 atom stereocenters. The van der Waals surface area contributed by atoms with Gasteiger partial charge in [-0.15, -0.1) is 0 Å². The van der Waals surface area contributed by atoms with E-state index < -0.39 is 5.60 Å². The molecule has 2 fully saturated rings. The fraction of sp³-hybridized carbons (Fsp3) is 0.917. The van der Waals surface area contributed by atoms with Crippen LogP contribution in [0, 0.1) is 17.8 Å². The van der Waals surface area contributed by atoms with Crippen molar-refractivity contribution in [1.29, 1.82) is 0 Å². The lowest BCUT2D eigenvalue weighted by atomic mass is 10.0. The minimum atomic E-state index is -0.750. The van der Waals surface area contributed by atoms with Gasteiger partial charge in [-0.2, -0.15) is 0 Å². The molecule has 2 rings (SSSR count). The first-order valence-corrected chi connectivity index (χ1v) is 6.05.